The summed E-state index contributed by atoms with van der Waals surface area (Å²) in [6.45, 7) is 21.6. The lowest BCUT2D eigenvalue weighted by atomic mass is 9.79. The molecule has 0 aliphatic rings. The minimum Gasteiger partial charge on any atom is -0.460 e. The summed E-state index contributed by atoms with van der Waals surface area (Å²) in [6, 6.07) is 26.8. The van der Waals surface area contributed by atoms with E-state index in [0.29, 0.717) is 31.6 Å². The van der Waals surface area contributed by atoms with Crippen molar-refractivity contribution < 1.29 is 28.6 Å². The van der Waals surface area contributed by atoms with Gasteiger partial charge < -0.3 is 14.2 Å². The minimum atomic E-state index is -0.532. The van der Waals surface area contributed by atoms with Crippen molar-refractivity contribution >= 4 is 17.9 Å². The molecule has 0 heterocycles. The van der Waals surface area contributed by atoms with Crippen molar-refractivity contribution in [3.63, 3.8) is 0 Å². The summed E-state index contributed by atoms with van der Waals surface area (Å²) in [4.78, 5) is 37.6. The van der Waals surface area contributed by atoms with E-state index in [4.69, 9.17) is 14.2 Å². The second-order valence-corrected chi connectivity index (χ2v) is 19.1. The number of ether oxygens (including phenoxy) is 3. The van der Waals surface area contributed by atoms with Crippen LogP contribution in [0.25, 0.3) is 0 Å². The zero-order valence-corrected chi connectivity index (χ0v) is 36.6. The van der Waals surface area contributed by atoms with E-state index in [1.54, 1.807) is 0 Å². The van der Waals surface area contributed by atoms with E-state index in [2.05, 4.69) is 86.6 Å². The Morgan fingerprint density at radius 3 is 1.20 bits per heavy atom. The number of benzene rings is 3. The predicted octanol–water partition coefficient (Wildman–Crippen LogP) is 12.2. The van der Waals surface area contributed by atoms with Gasteiger partial charge in [-0.25, -0.2) is 0 Å². The first-order chi connectivity index (χ1) is 26.1. The SMILES string of the molecule is CC(C)Cc1ccc(CCC(CC(CCC(=O)OC(C)(C)C)c2ccc(CCCC(=O)OC(C)(C)C)cc2)c2ccc(CCCC(=O)OC(C)(C)C)cc2)cc1. The van der Waals surface area contributed by atoms with Gasteiger partial charge in [0.05, 0.1) is 0 Å². The summed E-state index contributed by atoms with van der Waals surface area (Å²) in [7, 11) is 0. The van der Waals surface area contributed by atoms with Crippen molar-refractivity contribution in [2.75, 3.05) is 0 Å². The second kappa shape index (κ2) is 21.6. The van der Waals surface area contributed by atoms with Crippen LogP contribution in [0.5, 0.6) is 0 Å². The van der Waals surface area contributed by atoms with Crippen LogP contribution in [0, 0.1) is 5.92 Å². The first-order valence-electron chi connectivity index (χ1n) is 21.0. The molecule has 0 fully saturated rings. The normalized spacial score (nSPS) is 13.3. The molecule has 3 aromatic carbocycles. The van der Waals surface area contributed by atoms with Crippen LogP contribution in [0.3, 0.4) is 0 Å². The lowest BCUT2D eigenvalue weighted by Gasteiger charge is -2.26. The number of hydrogen-bond donors (Lipinski definition) is 0. The van der Waals surface area contributed by atoms with E-state index in [-0.39, 0.29) is 29.7 Å². The van der Waals surface area contributed by atoms with Gasteiger partial charge >= 0.3 is 17.9 Å². The van der Waals surface area contributed by atoms with Crippen LogP contribution in [0.4, 0.5) is 0 Å². The third kappa shape index (κ3) is 19.3. The van der Waals surface area contributed by atoms with Gasteiger partial charge in [-0.1, -0.05) is 86.6 Å². The highest BCUT2D eigenvalue weighted by Gasteiger charge is 2.24. The van der Waals surface area contributed by atoms with Gasteiger partial charge in [0.15, 0.2) is 0 Å². The van der Waals surface area contributed by atoms with E-state index in [1.807, 2.05) is 62.3 Å². The number of esters is 3. The topological polar surface area (TPSA) is 78.9 Å². The molecular formula is C50H72O6. The first kappa shape index (κ1) is 46.5. The maximum Gasteiger partial charge on any atom is 0.306 e. The molecule has 3 aromatic rings. The fraction of sp³-hybridized carbons (Fsp3) is 0.580. The standard InChI is InChI=1S/C50H72O6/c1-36(2)34-40-20-18-39(19-21-40)26-31-43(41-27-22-37(23-28-41)14-12-16-45(51)54-48(3,4)5)35-44(32-33-47(53)56-50(9,10)11)42-29-24-38(25-30-42)15-13-17-46(52)55-49(6,7)8/h18-25,27-30,36,43-44H,12-17,26,31-35H2,1-11H3. The van der Waals surface area contributed by atoms with Crippen molar-refractivity contribution in [2.24, 2.45) is 5.92 Å². The zero-order chi connectivity index (χ0) is 41.5. The minimum absolute atomic E-state index is 0.144. The molecule has 0 aliphatic carbocycles. The smallest absolute Gasteiger partial charge is 0.306 e. The molecule has 0 amide bonds. The lowest BCUT2D eigenvalue weighted by molar-refractivity contribution is -0.156. The molecule has 0 spiro atoms. The lowest BCUT2D eigenvalue weighted by Crippen LogP contribution is -2.24. The van der Waals surface area contributed by atoms with Gasteiger partial charge in [0.1, 0.15) is 16.8 Å². The molecule has 6 nitrogen and oxygen atoms in total. The van der Waals surface area contributed by atoms with Crippen LogP contribution < -0.4 is 0 Å². The first-order valence-corrected chi connectivity index (χ1v) is 21.0. The van der Waals surface area contributed by atoms with Gasteiger partial charge in [-0.15, -0.1) is 0 Å². The van der Waals surface area contributed by atoms with Crippen molar-refractivity contribution in [3.8, 4) is 0 Å². The maximum atomic E-state index is 13.0. The average molecular weight is 769 g/mol. The van der Waals surface area contributed by atoms with Gasteiger partial charge in [0.25, 0.3) is 0 Å². The van der Waals surface area contributed by atoms with Crippen molar-refractivity contribution in [1.29, 1.82) is 0 Å². The Kier molecular flexibility index (Phi) is 17.9. The number of hydrogen-bond acceptors (Lipinski definition) is 6. The highest BCUT2D eigenvalue weighted by Crippen LogP contribution is 2.37. The number of carbonyl (C=O) groups is 3. The summed E-state index contributed by atoms with van der Waals surface area (Å²) in [5.74, 6) is 0.536. The molecule has 0 saturated carbocycles. The van der Waals surface area contributed by atoms with Crippen LogP contribution in [0.2, 0.25) is 0 Å². The van der Waals surface area contributed by atoms with E-state index >= 15 is 0 Å². The molecular weight excluding hydrogens is 697 g/mol. The third-order valence-corrected chi connectivity index (χ3v) is 9.57. The molecule has 2 unspecified atom stereocenters. The van der Waals surface area contributed by atoms with E-state index in [1.165, 1.54) is 33.4 Å². The van der Waals surface area contributed by atoms with Gasteiger partial charge in [-0.3, -0.25) is 14.4 Å². The van der Waals surface area contributed by atoms with E-state index in [9.17, 15) is 14.4 Å². The zero-order valence-electron chi connectivity index (χ0n) is 36.6. The highest BCUT2D eigenvalue weighted by molar-refractivity contribution is 5.70. The van der Waals surface area contributed by atoms with Crippen molar-refractivity contribution in [3.05, 3.63) is 106 Å². The summed E-state index contributed by atoms with van der Waals surface area (Å²) >= 11 is 0. The second-order valence-electron chi connectivity index (χ2n) is 19.1. The molecule has 308 valence electrons. The molecule has 0 bridgehead atoms. The molecule has 0 radical (unpaired) electrons. The predicted molar refractivity (Wildman–Crippen MR) is 229 cm³/mol. The monoisotopic (exact) mass is 769 g/mol. The van der Waals surface area contributed by atoms with Crippen LogP contribution >= 0.6 is 0 Å². The van der Waals surface area contributed by atoms with Gasteiger partial charge in [-0.05, 0) is 171 Å². The van der Waals surface area contributed by atoms with Gasteiger partial charge in [0, 0.05) is 19.3 Å². The Balaban J connectivity index is 1.83. The summed E-state index contributed by atoms with van der Waals surface area (Å²) in [5.41, 5.74) is 6.12. The number of rotatable bonds is 20. The fourth-order valence-electron chi connectivity index (χ4n) is 7.10. The van der Waals surface area contributed by atoms with Crippen LogP contribution in [0.1, 0.15) is 173 Å². The molecule has 6 heteroatoms. The molecule has 56 heavy (non-hydrogen) atoms. The van der Waals surface area contributed by atoms with Crippen LogP contribution in [-0.2, 0) is 54.3 Å². The summed E-state index contributed by atoms with van der Waals surface area (Å²) < 4.78 is 16.7. The van der Waals surface area contributed by atoms with Crippen molar-refractivity contribution in [2.45, 2.75) is 182 Å². The number of aryl methyl sites for hydroxylation is 3. The highest BCUT2D eigenvalue weighted by atomic mass is 16.6. The Bertz CT molecular complexity index is 1630. The average Bonchev–Trinajstić information content (AvgIpc) is 3.07. The molecule has 3 rings (SSSR count). The van der Waals surface area contributed by atoms with E-state index < -0.39 is 16.8 Å². The Hall–Kier alpha value is -3.93. The molecule has 2 atom stereocenters. The van der Waals surface area contributed by atoms with E-state index in [0.717, 1.165) is 51.4 Å². The fourth-order valence-corrected chi connectivity index (χ4v) is 7.10. The van der Waals surface area contributed by atoms with Gasteiger partial charge in [0.2, 0.25) is 0 Å². The number of carbonyl (C=O) groups excluding carboxylic acids is 3. The Morgan fingerprint density at radius 2 is 0.804 bits per heavy atom. The summed E-state index contributed by atoms with van der Waals surface area (Å²) in [6.07, 6.45) is 8.83. The quantitative estimate of drug-likeness (QED) is 0.0841. The summed E-state index contributed by atoms with van der Waals surface area (Å²) in [5, 5.41) is 0. The Morgan fingerprint density at radius 1 is 0.464 bits per heavy atom. The molecule has 0 N–H and O–H groups in total. The van der Waals surface area contributed by atoms with Crippen LogP contribution in [-0.4, -0.2) is 34.7 Å². The molecule has 0 aromatic heterocycles. The maximum absolute atomic E-state index is 13.0. The third-order valence-electron chi connectivity index (χ3n) is 9.57. The molecule has 0 saturated heterocycles. The van der Waals surface area contributed by atoms with Gasteiger partial charge in [-0.2, -0.15) is 0 Å². The van der Waals surface area contributed by atoms with Crippen molar-refractivity contribution in [1.82, 2.24) is 0 Å². The van der Waals surface area contributed by atoms with Crippen LogP contribution in [0.15, 0.2) is 72.8 Å². The largest absolute Gasteiger partial charge is 0.460 e. The molecule has 0 aliphatic heterocycles. The Labute approximate surface area is 339 Å².